The number of hydrogen-bond acceptors (Lipinski definition) is 2. The van der Waals surface area contributed by atoms with E-state index in [1.54, 1.807) is 0 Å². The zero-order chi connectivity index (χ0) is 9.73. The van der Waals surface area contributed by atoms with Crippen molar-refractivity contribution < 1.29 is 5.11 Å². The van der Waals surface area contributed by atoms with Crippen molar-refractivity contribution in [3.05, 3.63) is 0 Å². The van der Waals surface area contributed by atoms with E-state index in [2.05, 4.69) is 18.7 Å². The molecule has 0 amide bonds. The molecule has 1 aliphatic heterocycles. The van der Waals surface area contributed by atoms with Gasteiger partial charge in [0, 0.05) is 6.61 Å². The summed E-state index contributed by atoms with van der Waals surface area (Å²) in [6.07, 6.45) is 4.83. The average Bonchev–Trinajstić information content (AvgIpc) is 2.31. The summed E-state index contributed by atoms with van der Waals surface area (Å²) in [7, 11) is 0. The standard InChI is InChI=1S/C11H23NO/c1-3-7-12-8-4-5-11(2,10-13)6-9-12/h13H,3-10H2,1-2H3. The van der Waals surface area contributed by atoms with E-state index in [0.717, 1.165) is 6.42 Å². The van der Waals surface area contributed by atoms with Gasteiger partial charge < -0.3 is 10.0 Å². The SMILES string of the molecule is CCCN1CCCC(C)(CO)CC1. The minimum absolute atomic E-state index is 0.197. The fourth-order valence-electron chi connectivity index (χ4n) is 2.09. The Morgan fingerprint density at radius 3 is 2.69 bits per heavy atom. The van der Waals surface area contributed by atoms with Crippen LogP contribution in [-0.4, -0.2) is 36.2 Å². The van der Waals surface area contributed by atoms with Crippen molar-refractivity contribution >= 4 is 0 Å². The third kappa shape index (κ3) is 3.28. The molecular weight excluding hydrogens is 162 g/mol. The molecule has 1 aliphatic rings. The molecule has 2 heteroatoms. The van der Waals surface area contributed by atoms with Gasteiger partial charge in [-0.2, -0.15) is 0 Å². The molecule has 1 rings (SSSR count). The van der Waals surface area contributed by atoms with Crippen LogP contribution in [0.3, 0.4) is 0 Å². The second-order valence-corrected chi connectivity index (χ2v) is 4.66. The molecule has 1 unspecified atom stereocenters. The summed E-state index contributed by atoms with van der Waals surface area (Å²) in [5.41, 5.74) is 0.197. The van der Waals surface area contributed by atoms with Crippen molar-refractivity contribution in [1.29, 1.82) is 0 Å². The number of rotatable bonds is 3. The van der Waals surface area contributed by atoms with Crippen LogP contribution in [0.4, 0.5) is 0 Å². The molecule has 78 valence electrons. The van der Waals surface area contributed by atoms with Crippen LogP contribution in [0.1, 0.15) is 39.5 Å². The molecule has 1 fully saturated rings. The number of aliphatic hydroxyl groups excluding tert-OH is 1. The van der Waals surface area contributed by atoms with Crippen molar-refractivity contribution in [2.45, 2.75) is 39.5 Å². The van der Waals surface area contributed by atoms with E-state index < -0.39 is 0 Å². The number of likely N-dealkylation sites (tertiary alicyclic amines) is 1. The van der Waals surface area contributed by atoms with E-state index in [9.17, 15) is 5.11 Å². The molecule has 0 aliphatic carbocycles. The van der Waals surface area contributed by atoms with Gasteiger partial charge in [0.05, 0.1) is 0 Å². The summed E-state index contributed by atoms with van der Waals surface area (Å²) < 4.78 is 0. The van der Waals surface area contributed by atoms with Gasteiger partial charge in [-0.15, -0.1) is 0 Å². The zero-order valence-corrected chi connectivity index (χ0v) is 9.05. The monoisotopic (exact) mass is 185 g/mol. The lowest BCUT2D eigenvalue weighted by atomic mass is 9.84. The highest BCUT2D eigenvalue weighted by molar-refractivity contribution is 4.79. The first kappa shape index (κ1) is 11.0. The van der Waals surface area contributed by atoms with Gasteiger partial charge in [-0.1, -0.05) is 13.8 Å². The van der Waals surface area contributed by atoms with Gasteiger partial charge in [0.1, 0.15) is 0 Å². The minimum Gasteiger partial charge on any atom is -0.396 e. The summed E-state index contributed by atoms with van der Waals surface area (Å²) in [4.78, 5) is 2.53. The van der Waals surface area contributed by atoms with Crippen LogP contribution in [0.25, 0.3) is 0 Å². The van der Waals surface area contributed by atoms with Crippen LogP contribution >= 0.6 is 0 Å². The van der Waals surface area contributed by atoms with Gasteiger partial charge >= 0.3 is 0 Å². The molecule has 13 heavy (non-hydrogen) atoms. The van der Waals surface area contributed by atoms with Crippen molar-refractivity contribution in [2.24, 2.45) is 5.41 Å². The average molecular weight is 185 g/mol. The first-order chi connectivity index (χ1) is 6.20. The van der Waals surface area contributed by atoms with E-state index in [-0.39, 0.29) is 5.41 Å². The lowest BCUT2D eigenvalue weighted by Crippen LogP contribution is -2.27. The van der Waals surface area contributed by atoms with Crippen LogP contribution < -0.4 is 0 Å². The van der Waals surface area contributed by atoms with Crippen LogP contribution in [-0.2, 0) is 0 Å². The predicted molar refractivity (Wildman–Crippen MR) is 55.8 cm³/mol. The molecule has 0 saturated carbocycles. The molecule has 1 N–H and O–H groups in total. The Labute approximate surface area is 81.9 Å². The number of hydrogen-bond donors (Lipinski definition) is 1. The van der Waals surface area contributed by atoms with Gasteiger partial charge in [0.25, 0.3) is 0 Å². The second-order valence-electron chi connectivity index (χ2n) is 4.66. The fourth-order valence-corrected chi connectivity index (χ4v) is 2.09. The van der Waals surface area contributed by atoms with Gasteiger partial charge in [-0.25, -0.2) is 0 Å². The predicted octanol–water partition coefficient (Wildman–Crippen LogP) is 1.88. The first-order valence-electron chi connectivity index (χ1n) is 5.53. The summed E-state index contributed by atoms with van der Waals surface area (Å²) in [5.74, 6) is 0. The second kappa shape index (κ2) is 4.97. The maximum absolute atomic E-state index is 9.27. The number of nitrogens with zero attached hydrogens (tertiary/aromatic N) is 1. The fraction of sp³-hybridized carbons (Fsp3) is 1.00. The quantitative estimate of drug-likeness (QED) is 0.725. The smallest absolute Gasteiger partial charge is 0.0485 e. The Kier molecular flexibility index (Phi) is 4.20. The Bertz CT molecular complexity index is 149. The molecule has 0 spiro atoms. The summed E-state index contributed by atoms with van der Waals surface area (Å²) >= 11 is 0. The minimum atomic E-state index is 0.197. The molecule has 0 radical (unpaired) electrons. The maximum atomic E-state index is 9.27. The highest BCUT2D eigenvalue weighted by Gasteiger charge is 2.26. The molecule has 0 aromatic rings. The molecule has 1 heterocycles. The highest BCUT2D eigenvalue weighted by atomic mass is 16.3. The van der Waals surface area contributed by atoms with Crippen molar-refractivity contribution in [2.75, 3.05) is 26.2 Å². The van der Waals surface area contributed by atoms with E-state index in [1.807, 2.05) is 0 Å². The van der Waals surface area contributed by atoms with Crippen LogP contribution in [0, 0.1) is 5.41 Å². The zero-order valence-electron chi connectivity index (χ0n) is 9.05. The molecule has 0 aromatic carbocycles. The molecule has 1 atom stereocenters. The number of aliphatic hydroxyl groups is 1. The normalized spacial score (nSPS) is 31.6. The van der Waals surface area contributed by atoms with Gasteiger partial charge in [0.15, 0.2) is 0 Å². The van der Waals surface area contributed by atoms with Gasteiger partial charge in [0.2, 0.25) is 0 Å². The third-order valence-corrected chi connectivity index (χ3v) is 3.21. The van der Waals surface area contributed by atoms with E-state index in [0.29, 0.717) is 6.61 Å². The molecular formula is C11H23NO. The van der Waals surface area contributed by atoms with Crippen molar-refractivity contribution in [3.63, 3.8) is 0 Å². The van der Waals surface area contributed by atoms with Crippen LogP contribution in [0.2, 0.25) is 0 Å². The summed E-state index contributed by atoms with van der Waals surface area (Å²) in [5, 5.41) is 9.27. The Hall–Kier alpha value is -0.0800. The Morgan fingerprint density at radius 2 is 2.08 bits per heavy atom. The molecule has 2 nitrogen and oxygen atoms in total. The van der Waals surface area contributed by atoms with Crippen molar-refractivity contribution in [1.82, 2.24) is 4.90 Å². The van der Waals surface area contributed by atoms with Gasteiger partial charge in [-0.05, 0) is 50.7 Å². The molecule has 0 bridgehead atoms. The van der Waals surface area contributed by atoms with Crippen LogP contribution in [0.5, 0.6) is 0 Å². The maximum Gasteiger partial charge on any atom is 0.0485 e. The van der Waals surface area contributed by atoms with E-state index in [4.69, 9.17) is 0 Å². The summed E-state index contributed by atoms with van der Waals surface area (Å²) in [6.45, 7) is 8.42. The third-order valence-electron chi connectivity index (χ3n) is 3.21. The van der Waals surface area contributed by atoms with Crippen molar-refractivity contribution in [3.8, 4) is 0 Å². The summed E-state index contributed by atoms with van der Waals surface area (Å²) in [6, 6.07) is 0. The lowest BCUT2D eigenvalue weighted by molar-refractivity contribution is 0.124. The Morgan fingerprint density at radius 1 is 1.31 bits per heavy atom. The molecule has 1 saturated heterocycles. The molecule has 0 aromatic heterocycles. The Balaban J connectivity index is 2.39. The lowest BCUT2D eigenvalue weighted by Gasteiger charge is -2.25. The topological polar surface area (TPSA) is 23.5 Å². The van der Waals surface area contributed by atoms with Gasteiger partial charge in [-0.3, -0.25) is 0 Å². The van der Waals surface area contributed by atoms with E-state index in [1.165, 1.54) is 38.9 Å². The highest BCUT2D eigenvalue weighted by Crippen LogP contribution is 2.29. The van der Waals surface area contributed by atoms with E-state index >= 15 is 0 Å². The first-order valence-corrected chi connectivity index (χ1v) is 5.53. The largest absolute Gasteiger partial charge is 0.396 e. The van der Waals surface area contributed by atoms with Crippen LogP contribution in [0.15, 0.2) is 0 Å².